The summed E-state index contributed by atoms with van der Waals surface area (Å²) in [4.78, 5) is 0. The first kappa shape index (κ1) is 14.8. The van der Waals surface area contributed by atoms with Crippen molar-refractivity contribution in [3.05, 3.63) is 58.4 Å². The largest absolute Gasteiger partial charge is 0.492 e. The standard InChI is InChI=1S/C14H13BClFO3/c1-9-2-3-10(13(16)6-9)8-20-14-7-11(17)4-5-12(14)15(18)19/h2-7,18-19H,8H2,1H3. The molecule has 0 amide bonds. The number of ether oxygens (including phenoxy) is 1. The number of benzene rings is 2. The summed E-state index contributed by atoms with van der Waals surface area (Å²) in [6.45, 7) is 2.03. The molecule has 2 rings (SSSR count). The molecule has 0 fully saturated rings. The lowest BCUT2D eigenvalue weighted by atomic mass is 9.79. The second kappa shape index (κ2) is 6.26. The summed E-state index contributed by atoms with van der Waals surface area (Å²) in [5.41, 5.74) is 1.87. The minimum atomic E-state index is -1.72. The quantitative estimate of drug-likeness (QED) is 0.849. The van der Waals surface area contributed by atoms with Crippen LogP contribution in [-0.4, -0.2) is 17.2 Å². The molecule has 0 spiro atoms. The van der Waals surface area contributed by atoms with E-state index in [2.05, 4.69) is 0 Å². The van der Waals surface area contributed by atoms with Gasteiger partial charge in [-0.3, -0.25) is 0 Å². The van der Waals surface area contributed by atoms with Crippen molar-refractivity contribution in [1.82, 2.24) is 0 Å². The van der Waals surface area contributed by atoms with Gasteiger partial charge in [0.2, 0.25) is 0 Å². The molecule has 0 radical (unpaired) electrons. The Labute approximate surface area is 121 Å². The van der Waals surface area contributed by atoms with E-state index in [4.69, 9.17) is 16.3 Å². The van der Waals surface area contributed by atoms with E-state index in [-0.39, 0.29) is 17.8 Å². The highest BCUT2D eigenvalue weighted by Crippen LogP contribution is 2.20. The van der Waals surface area contributed by atoms with Crippen molar-refractivity contribution in [2.45, 2.75) is 13.5 Å². The van der Waals surface area contributed by atoms with Gasteiger partial charge in [0.1, 0.15) is 18.2 Å². The molecule has 0 aromatic heterocycles. The molecule has 3 nitrogen and oxygen atoms in total. The second-order valence-corrected chi connectivity index (χ2v) is 4.85. The average molecular weight is 295 g/mol. The lowest BCUT2D eigenvalue weighted by molar-refractivity contribution is 0.305. The van der Waals surface area contributed by atoms with Gasteiger partial charge in [0.05, 0.1) is 0 Å². The van der Waals surface area contributed by atoms with E-state index >= 15 is 0 Å². The van der Waals surface area contributed by atoms with Crippen LogP contribution in [0, 0.1) is 12.7 Å². The van der Waals surface area contributed by atoms with Crippen molar-refractivity contribution in [1.29, 1.82) is 0 Å². The molecule has 6 heteroatoms. The van der Waals surface area contributed by atoms with Gasteiger partial charge in [-0.2, -0.15) is 0 Å². The topological polar surface area (TPSA) is 49.7 Å². The van der Waals surface area contributed by atoms with Gasteiger partial charge in [0.25, 0.3) is 0 Å². The first-order valence-corrected chi connectivity index (χ1v) is 6.38. The SMILES string of the molecule is Cc1ccc(COc2cc(F)ccc2B(O)O)c(Cl)c1. The summed E-state index contributed by atoms with van der Waals surface area (Å²) in [5.74, 6) is -0.434. The van der Waals surface area contributed by atoms with Crippen LogP contribution in [0.5, 0.6) is 5.75 Å². The summed E-state index contributed by atoms with van der Waals surface area (Å²) in [6.07, 6.45) is 0. The van der Waals surface area contributed by atoms with Crippen LogP contribution in [0.15, 0.2) is 36.4 Å². The first-order chi connectivity index (χ1) is 9.47. The Bertz CT molecular complexity index is 619. The monoisotopic (exact) mass is 294 g/mol. The predicted octanol–water partition coefficient (Wildman–Crippen LogP) is 2.05. The lowest BCUT2D eigenvalue weighted by Gasteiger charge is -2.12. The zero-order valence-electron chi connectivity index (χ0n) is 10.8. The minimum Gasteiger partial charge on any atom is -0.489 e. The van der Waals surface area contributed by atoms with Crippen molar-refractivity contribution < 1.29 is 19.2 Å². The fourth-order valence-electron chi connectivity index (χ4n) is 1.77. The van der Waals surface area contributed by atoms with Gasteiger partial charge in [0.15, 0.2) is 0 Å². The lowest BCUT2D eigenvalue weighted by Crippen LogP contribution is -2.31. The van der Waals surface area contributed by atoms with Crippen LogP contribution < -0.4 is 10.2 Å². The van der Waals surface area contributed by atoms with Crippen LogP contribution in [0.3, 0.4) is 0 Å². The Morgan fingerprint density at radius 1 is 1.20 bits per heavy atom. The first-order valence-electron chi connectivity index (χ1n) is 6.01. The van der Waals surface area contributed by atoms with E-state index in [1.165, 1.54) is 6.07 Å². The molecule has 2 aromatic carbocycles. The Hall–Kier alpha value is -1.56. The highest BCUT2D eigenvalue weighted by Gasteiger charge is 2.18. The van der Waals surface area contributed by atoms with Crippen LogP contribution >= 0.6 is 11.6 Å². The smallest absolute Gasteiger partial charge is 0.489 e. The normalized spacial score (nSPS) is 10.4. The number of aryl methyl sites for hydroxylation is 1. The molecule has 0 aliphatic rings. The van der Waals surface area contributed by atoms with Gasteiger partial charge >= 0.3 is 7.12 Å². The third kappa shape index (κ3) is 3.51. The maximum absolute atomic E-state index is 13.2. The second-order valence-electron chi connectivity index (χ2n) is 4.44. The molecule has 0 aliphatic heterocycles. The van der Waals surface area contributed by atoms with Crippen molar-refractivity contribution >= 4 is 24.2 Å². The zero-order valence-corrected chi connectivity index (χ0v) is 11.6. The van der Waals surface area contributed by atoms with Crippen LogP contribution in [0.2, 0.25) is 5.02 Å². The van der Waals surface area contributed by atoms with Crippen LogP contribution in [0.1, 0.15) is 11.1 Å². The summed E-state index contributed by atoms with van der Waals surface area (Å²) in [6, 6.07) is 9.01. The third-order valence-electron chi connectivity index (χ3n) is 2.85. The summed E-state index contributed by atoms with van der Waals surface area (Å²) >= 11 is 6.08. The van der Waals surface area contributed by atoms with Gasteiger partial charge in [-0.15, -0.1) is 0 Å². The Balaban J connectivity index is 2.20. The molecule has 0 saturated carbocycles. The third-order valence-corrected chi connectivity index (χ3v) is 3.20. The molecule has 20 heavy (non-hydrogen) atoms. The van der Waals surface area contributed by atoms with Crippen molar-refractivity contribution in [3.8, 4) is 5.75 Å². The number of hydrogen-bond acceptors (Lipinski definition) is 3. The van der Waals surface area contributed by atoms with Crippen LogP contribution in [0.4, 0.5) is 4.39 Å². The highest BCUT2D eigenvalue weighted by atomic mass is 35.5. The van der Waals surface area contributed by atoms with Gasteiger partial charge in [-0.05, 0) is 24.6 Å². The van der Waals surface area contributed by atoms with E-state index in [9.17, 15) is 14.4 Å². The molecule has 104 valence electrons. The molecular weight excluding hydrogens is 281 g/mol. The molecule has 2 aromatic rings. The Morgan fingerprint density at radius 2 is 1.95 bits per heavy atom. The summed E-state index contributed by atoms with van der Waals surface area (Å²) in [5, 5.41) is 19.0. The van der Waals surface area contributed by atoms with E-state index in [0.29, 0.717) is 5.02 Å². The molecule has 0 unspecified atom stereocenters. The molecule has 0 aliphatic carbocycles. The fraction of sp³-hybridized carbons (Fsp3) is 0.143. The summed E-state index contributed by atoms with van der Waals surface area (Å²) < 4.78 is 18.6. The van der Waals surface area contributed by atoms with Gasteiger partial charge < -0.3 is 14.8 Å². The van der Waals surface area contributed by atoms with E-state index in [1.54, 1.807) is 6.07 Å². The zero-order chi connectivity index (χ0) is 14.7. The maximum atomic E-state index is 13.2. The van der Waals surface area contributed by atoms with Crippen molar-refractivity contribution in [2.75, 3.05) is 0 Å². The summed E-state index contributed by atoms with van der Waals surface area (Å²) in [7, 11) is -1.72. The maximum Gasteiger partial charge on any atom is 0.492 e. The number of halogens is 2. The van der Waals surface area contributed by atoms with Gasteiger partial charge in [-0.25, -0.2) is 4.39 Å². The predicted molar refractivity (Wildman–Crippen MR) is 76.7 cm³/mol. The molecular formula is C14H13BClFO3. The van der Waals surface area contributed by atoms with E-state index in [1.807, 2.05) is 19.1 Å². The molecule has 2 N–H and O–H groups in total. The Kier molecular flexibility index (Phi) is 4.65. The van der Waals surface area contributed by atoms with Crippen molar-refractivity contribution in [3.63, 3.8) is 0 Å². The van der Waals surface area contributed by atoms with E-state index in [0.717, 1.165) is 23.3 Å². The van der Waals surface area contributed by atoms with Crippen LogP contribution in [0.25, 0.3) is 0 Å². The minimum absolute atomic E-state index is 0.0802. The van der Waals surface area contributed by atoms with Gasteiger partial charge in [-0.1, -0.05) is 29.8 Å². The Morgan fingerprint density at radius 3 is 2.60 bits per heavy atom. The van der Waals surface area contributed by atoms with Crippen molar-refractivity contribution in [2.24, 2.45) is 0 Å². The fourth-order valence-corrected chi connectivity index (χ4v) is 2.06. The highest BCUT2D eigenvalue weighted by molar-refractivity contribution is 6.59. The van der Waals surface area contributed by atoms with Crippen LogP contribution in [-0.2, 0) is 6.61 Å². The van der Waals surface area contributed by atoms with Gasteiger partial charge in [0, 0.05) is 22.1 Å². The molecule has 0 atom stereocenters. The molecule has 0 saturated heterocycles. The average Bonchev–Trinajstić information content (AvgIpc) is 2.37. The number of hydrogen-bond donors (Lipinski definition) is 2. The van der Waals surface area contributed by atoms with E-state index < -0.39 is 12.9 Å². The number of rotatable bonds is 4. The molecule has 0 bridgehead atoms. The molecule has 0 heterocycles.